The maximum atomic E-state index is 12.1. The van der Waals surface area contributed by atoms with Crippen molar-refractivity contribution in [1.82, 2.24) is 4.98 Å². The lowest BCUT2D eigenvalue weighted by Crippen LogP contribution is -2.07. The first kappa shape index (κ1) is 8.77. The van der Waals surface area contributed by atoms with Crippen molar-refractivity contribution in [3.8, 4) is 0 Å². The Labute approximate surface area is 67.6 Å². The second kappa shape index (κ2) is 2.97. The summed E-state index contributed by atoms with van der Waals surface area (Å²) in [5.74, 6) is 0. The Kier molecular flexibility index (Phi) is 2.17. The van der Waals surface area contributed by atoms with Crippen LogP contribution in [0.15, 0.2) is 25.0 Å². The molecule has 0 unspecified atom stereocenters. The topological polar surface area (TPSA) is 12.9 Å². The molecule has 12 heavy (non-hydrogen) atoms. The number of rotatable bonds is 1. The summed E-state index contributed by atoms with van der Waals surface area (Å²) >= 11 is 0. The molecule has 1 aromatic heterocycles. The van der Waals surface area contributed by atoms with Crippen molar-refractivity contribution in [2.45, 2.75) is 6.18 Å². The third kappa shape index (κ3) is 1.64. The Balaban J connectivity index is 3.23. The molecule has 0 aliphatic heterocycles. The van der Waals surface area contributed by atoms with Crippen molar-refractivity contribution in [3.63, 3.8) is 0 Å². The van der Waals surface area contributed by atoms with Gasteiger partial charge in [0.2, 0.25) is 0 Å². The molecular formula is C8H6F3N. The minimum absolute atomic E-state index is 0.0532. The molecule has 1 heterocycles. The highest BCUT2D eigenvalue weighted by Crippen LogP contribution is 2.31. The van der Waals surface area contributed by atoms with E-state index in [0.717, 1.165) is 12.3 Å². The molecule has 0 saturated carbocycles. The zero-order chi connectivity index (χ0) is 9.19. The van der Waals surface area contributed by atoms with E-state index in [4.69, 9.17) is 0 Å². The first-order chi connectivity index (χ1) is 5.55. The molecule has 4 heteroatoms. The molecule has 0 amide bonds. The molecule has 0 bridgehead atoms. The van der Waals surface area contributed by atoms with E-state index in [1.807, 2.05) is 0 Å². The monoisotopic (exact) mass is 173 g/mol. The average Bonchev–Trinajstić information content (AvgIpc) is 2.03. The van der Waals surface area contributed by atoms with Crippen LogP contribution in [0.5, 0.6) is 0 Å². The Morgan fingerprint density at radius 1 is 1.42 bits per heavy atom. The van der Waals surface area contributed by atoms with Crippen LogP contribution in [0.2, 0.25) is 0 Å². The Bertz CT molecular complexity index is 291. The van der Waals surface area contributed by atoms with Gasteiger partial charge in [0.25, 0.3) is 0 Å². The highest BCUT2D eigenvalue weighted by atomic mass is 19.4. The van der Waals surface area contributed by atoms with Gasteiger partial charge in [0.15, 0.2) is 0 Å². The zero-order valence-corrected chi connectivity index (χ0v) is 6.10. The number of pyridine rings is 1. The first-order valence-corrected chi connectivity index (χ1v) is 3.19. The molecule has 0 aliphatic rings. The molecule has 0 aliphatic carbocycles. The molecule has 1 aromatic rings. The predicted octanol–water partition coefficient (Wildman–Crippen LogP) is 2.74. The Morgan fingerprint density at radius 3 is 2.50 bits per heavy atom. The molecule has 1 rings (SSSR count). The highest BCUT2D eigenvalue weighted by Gasteiger charge is 2.32. The Hall–Kier alpha value is -1.32. The van der Waals surface area contributed by atoms with Gasteiger partial charge >= 0.3 is 6.18 Å². The van der Waals surface area contributed by atoms with Gasteiger partial charge in [-0.05, 0) is 11.6 Å². The maximum absolute atomic E-state index is 12.1. The number of alkyl halides is 3. The van der Waals surface area contributed by atoms with Gasteiger partial charge in [0.05, 0.1) is 5.56 Å². The number of aromatic nitrogens is 1. The highest BCUT2D eigenvalue weighted by molar-refractivity contribution is 5.51. The summed E-state index contributed by atoms with van der Waals surface area (Å²) in [5.41, 5.74) is -0.697. The smallest absolute Gasteiger partial charge is 0.264 e. The molecule has 0 radical (unpaired) electrons. The van der Waals surface area contributed by atoms with Crippen molar-refractivity contribution < 1.29 is 13.2 Å². The maximum Gasteiger partial charge on any atom is 0.418 e. The van der Waals surface area contributed by atoms with E-state index in [9.17, 15) is 13.2 Å². The lowest BCUT2D eigenvalue weighted by atomic mass is 10.1. The van der Waals surface area contributed by atoms with E-state index in [-0.39, 0.29) is 5.56 Å². The van der Waals surface area contributed by atoms with Crippen LogP contribution in [0.1, 0.15) is 11.1 Å². The van der Waals surface area contributed by atoms with E-state index in [2.05, 4.69) is 11.6 Å². The lowest BCUT2D eigenvalue weighted by molar-refractivity contribution is -0.137. The molecule has 1 nitrogen and oxygen atoms in total. The summed E-state index contributed by atoms with van der Waals surface area (Å²) in [5, 5.41) is 0. The van der Waals surface area contributed by atoms with Crippen molar-refractivity contribution in [2.75, 3.05) is 0 Å². The molecule has 0 saturated heterocycles. The van der Waals surface area contributed by atoms with Gasteiger partial charge in [-0.1, -0.05) is 12.7 Å². The molecule has 0 fully saturated rings. The van der Waals surface area contributed by atoms with Gasteiger partial charge in [-0.2, -0.15) is 13.2 Å². The largest absolute Gasteiger partial charge is 0.418 e. The van der Waals surface area contributed by atoms with Crippen LogP contribution in [-0.4, -0.2) is 4.98 Å². The fraction of sp³-hybridized carbons (Fsp3) is 0.125. The van der Waals surface area contributed by atoms with Crippen molar-refractivity contribution in [1.29, 1.82) is 0 Å². The van der Waals surface area contributed by atoms with Gasteiger partial charge < -0.3 is 0 Å². The summed E-state index contributed by atoms with van der Waals surface area (Å²) in [4.78, 5) is 3.39. The van der Waals surface area contributed by atoms with Crippen LogP contribution in [0.25, 0.3) is 6.08 Å². The minimum atomic E-state index is -4.35. The average molecular weight is 173 g/mol. The SMILES string of the molecule is C=Cc1ccncc1C(F)(F)F. The molecule has 64 valence electrons. The van der Waals surface area contributed by atoms with E-state index >= 15 is 0 Å². The van der Waals surface area contributed by atoms with Crippen molar-refractivity contribution in [3.05, 3.63) is 36.2 Å². The van der Waals surface area contributed by atoms with Crippen LogP contribution in [0, 0.1) is 0 Å². The zero-order valence-electron chi connectivity index (χ0n) is 6.10. The van der Waals surface area contributed by atoms with E-state index < -0.39 is 11.7 Å². The van der Waals surface area contributed by atoms with Crippen LogP contribution in [-0.2, 0) is 6.18 Å². The van der Waals surface area contributed by atoms with Gasteiger partial charge in [0, 0.05) is 12.4 Å². The lowest BCUT2D eigenvalue weighted by Gasteiger charge is -2.08. The number of hydrogen-bond acceptors (Lipinski definition) is 1. The number of nitrogens with zero attached hydrogens (tertiary/aromatic N) is 1. The summed E-state index contributed by atoms with van der Waals surface area (Å²) in [6, 6.07) is 1.27. The van der Waals surface area contributed by atoms with Gasteiger partial charge in [0.1, 0.15) is 0 Å². The Morgan fingerprint density at radius 2 is 2.08 bits per heavy atom. The summed E-state index contributed by atoms with van der Waals surface area (Å²) in [6.07, 6.45) is -1.11. The van der Waals surface area contributed by atoms with Crippen molar-refractivity contribution in [2.24, 2.45) is 0 Å². The van der Waals surface area contributed by atoms with E-state index in [1.165, 1.54) is 12.3 Å². The second-order valence-corrected chi connectivity index (χ2v) is 2.16. The number of halogens is 3. The first-order valence-electron chi connectivity index (χ1n) is 3.19. The molecule has 0 N–H and O–H groups in total. The fourth-order valence-corrected chi connectivity index (χ4v) is 0.820. The van der Waals surface area contributed by atoms with Crippen LogP contribution >= 0.6 is 0 Å². The molecule has 0 atom stereocenters. The quantitative estimate of drug-likeness (QED) is 0.636. The molecular weight excluding hydrogens is 167 g/mol. The second-order valence-electron chi connectivity index (χ2n) is 2.16. The summed E-state index contributed by atoms with van der Waals surface area (Å²) in [7, 11) is 0. The normalized spacial score (nSPS) is 11.2. The van der Waals surface area contributed by atoms with Gasteiger partial charge in [-0.15, -0.1) is 0 Å². The standard InChI is InChI=1S/C8H6F3N/c1-2-6-3-4-12-5-7(6)8(9,10)11/h2-5H,1H2. The van der Waals surface area contributed by atoms with Crippen molar-refractivity contribution >= 4 is 6.08 Å². The number of hydrogen-bond donors (Lipinski definition) is 0. The van der Waals surface area contributed by atoms with Gasteiger partial charge in [-0.3, -0.25) is 4.98 Å². The van der Waals surface area contributed by atoms with E-state index in [1.54, 1.807) is 0 Å². The minimum Gasteiger partial charge on any atom is -0.264 e. The van der Waals surface area contributed by atoms with Crippen LogP contribution in [0.3, 0.4) is 0 Å². The predicted molar refractivity (Wildman–Crippen MR) is 39.3 cm³/mol. The van der Waals surface area contributed by atoms with Crippen LogP contribution < -0.4 is 0 Å². The van der Waals surface area contributed by atoms with Crippen LogP contribution in [0.4, 0.5) is 13.2 Å². The van der Waals surface area contributed by atoms with Gasteiger partial charge in [-0.25, -0.2) is 0 Å². The fourth-order valence-electron chi connectivity index (χ4n) is 0.820. The third-order valence-corrected chi connectivity index (χ3v) is 1.38. The van der Waals surface area contributed by atoms with E-state index in [0.29, 0.717) is 0 Å². The third-order valence-electron chi connectivity index (χ3n) is 1.38. The molecule has 0 aromatic carbocycles. The summed E-state index contributed by atoms with van der Waals surface area (Å²) < 4.78 is 36.4. The summed E-state index contributed by atoms with van der Waals surface area (Å²) in [6.45, 7) is 3.28. The molecule has 0 spiro atoms.